The number of nitrogens with zero attached hydrogens (tertiary/aromatic N) is 1. The Kier molecular flexibility index (Phi) is 7.67. The van der Waals surface area contributed by atoms with Gasteiger partial charge in [-0.25, -0.2) is 0 Å². The van der Waals surface area contributed by atoms with Crippen molar-refractivity contribution < 1.29 is 4.79 Å². The molecule has 0 spiro atoms. The largest absolute Gasteiger partial charge is 0.352 e. The van der Waals surface area contributed by atoms with E-state index in [0.717, 1.165) is 44.6 Å². The maximum atomic E-state index is 12.5. The standard InChI is InChI=1S/C25H34N2O/c1-3-5-8-20(4-2)17-26-25(28)23-13-11-21(12-14-23)18-27-16-15-22-9-6-7-10-24(22)19-27/h6-7,9-14,20H,3-5,8,15-19H2,1-2H3,(H,26,28). The van der Waals surface area contributed by atoms with E-state index in [1.807, 2.05) is 12.1 Å². The molecule has 0 aliphatic carbocycles. The second kappa shape index (κ2) is 10.4. The van der Waals surface area contributed by atoms with Gasteiger partial charge in [-0.15, -0.1) is 0 Å². The highest BCUT2D eigenvalue weighted by Gasteiger charge is 2.16. The normalized spacial score (nSPS) is 15.1. The molecule has 3 nitrogen and oxygen atoms in total. The molecule has 1 amide bonds. The number of nitrogens with one attached hydrogen (secondary N) is 1. The topological polar surface area (TPSA) is 32.3 Å². The summed E-state index contributed by atoms with van der Waals surface area (Å²) >= 11 is 0. The summed E-state index contributed by atoms with van der Waals surface area (Å²) in [5.74, 6) is 0.638. The van der Waals surface area contributed by atoms with Crippen LogP contribution in [0.2, 0.25) is 0 Å². The summed E-state index contributed by atoms with van der Waals surface area (Å²) in [6.07, 6.45) is 5.90. The fourth-order valence-electron chi connectivity index (χ4n) is 3.99. The van der Waals surface area contributed by atoms with Crippen LogP contribution in [0.25, 0.3) is 0 Å². The molecule has 0 aromatic heterocycles. The van der Waals surface area contributed by atoms with Crippen molar-refractivity contribution >= 4 is 5.91 Å². The first kappa shape index (κ1) is 20.6. The molecule has 0 bridgehead atoms. The Morgan fingerprint density at radius 3 is 2.54 bits per heavy atom. The first-order valence-electron chi connectivity index (χ1n) is 10.9. The number of carbonyl (C=O) groups excluding carboxylic acids is 1. The summed E-state index contributed by atoms with van der Waals surface area (Å²) in [5, 5.41) is 3.12. The minimum Gasteiger partial charge on any atom is -0.352 e. The van der Waals surface area contributed by atoms with E-state index in [2.05, 4.69) is 60.5 Å². The molecule has 3 heteroatoms. The van der Waals surface area contributed by atoms with Crippen molar-refractivity contribution in [2.24, 2.45) is 5.92 Å². The molecule has 0 radical (unpaired) electrons. The monoisotopic (exact) mass is 378 g/mol. The Morgan fingerprint density at radius 1 is 1.07 bits per heavy atom. The molecule has 1 unspecified atom stereocenters. The molecule has 150 valence electrons. The number of benzene rings is 2. The highest BCUT2D eigenvalue weighted by molar-refractivity contribution is 5.94. The average molecular weight is 379 g/mol. The zero-order valence-electron chi connectivity index (χ0n) is 17.4. The van der Waals surface area contributed by atoms with E-state index in [1.165, 1.54) is 36.0 Å². The Morgan fingerprint density at radius 2 is 1.82 bits per heavy atom. The lowest BCUT2D eigenvalue weighted by Crippen LogP contribution is -2.30. The van der Waals surface area contributed by atoms with Gasteiger partial charge in [-0.05, 0) is 47.6 Å². The van der Waals surface area contributed by atoms with Gasteiger partial charge in [0.1, 0.15) is 0 Å². The lowest BCUT2D eigenvalue weighted by atomic mass is 9.99. The van der Waals surface area contributed by atoms with Gasteiger partial charge in [0.05, 0.1) is 0 Å². The van der Waals surface area contributed by atoms with Crippen LogP contribution in [0.3, 0.4) is 0 Å². The molecule has 1 aliphatic rings. The number of hydrogen-bond donors (Lipinski definition) is 1. The fourth-order valence-corrected chi connectivity index (χ4v) is 3.99. The van der Waals surface area contributed by atoms with Gasteiger partial charge < -0.3 is 5.32 Å². The van der Waals surface area contributed by atoms with E-state index in [-0.39, 0.29) is 5.91 Å². The number of hydrogen-bond acceptors (Lipinski definition) is 2. The van der Waals surface area contributed by atoms with E-state index < -0.39 is 0 Å². The third-order valence-corrected chi connectivity index (χ3v) is 5.93. The number of amides is 1. The lowest BCUT2D eigenvalue weighted by Gasteiger charge is -2.28. The second-order valence-corrected chi connectivity index (χ2v) is 8.05. The molecule has 0 saturated heterocycles. The number of fused-ring (bicyclic) bond motifs is 1. The fraction of sp³-hybridized carbons (Fsp3) is 0.480. The van der Waals surface area contributed by atoms with Gasteiger partial charge in [0.2, 0.25) is 0 Å². The molecule has 28 heavy (non-hydrogen) atoms. The molecule has 2 aromatic carbocycles. The SMILES string of the molecule is CCCCC(CC)CNC(=O)c1ccc(CN2CCc3ccccc3C2)cc1. The summed E-state index contributed by atoms with van der Waals surface area (Å²) in [4.78, 5) is 14.9. The predicted octanol–water partition coefficient (Wildman–Crippen LogP) is 5.19. The zero-order chi connectivity index (χ0) is 19.8. The molecule has 2 aromatic rings. The summed E-state index contributed by atoms with van der Waals surface area (Å²) in [6, 6.07) is 16.9. The molecule has 1 heterocycles. The maximum Gasteiger partial charge on any atom is 0.251 e. The van der Waals surface area contributed by atoms with Gasteiger partial charge in [-0.1, -0.05) is 69.5 Å². The van der Waals surface area contributed by atoms with Crippen molar-refractivity contribution in [1.82, 2.24) is 10.2 Å². The summed E-state index contributed by atoms with van der Waals surface area (Å²) in [7, 11) is 0. The highest BCUT2D eigenvalue weighted by Crippen LogP contribution is 2.20. The van der Waals surface area contributed by atoms with Gasteiger partial charge in [-0.2, -0.15) is 0 Å². The van der Waals surface area contributed by atoms with Crippen LogP contribution in [0.15, 0.2) is 48.5 Å². The molecular weight excluding hydrogens is 344 g/mol. The van der Waals surface area contributed by atoms with Crippen LogP contribution in [0, 0.1) is 5.92 Å². The van der Waals surface area contributed by atoms with Crippen molar-refractivity contribution in [2.75, 3.05) is 13.1 Å². The van der Waals surface area contributed by atoms with Gasteiger partial charge in [-0.3, -0.25) is 9.69 Å². The molecule has 1 N–H and O–H groups in total. The van der Waals surface area contributed by atoms with Crippen LogP contribution < -0.4 is 5.32 Å². The summed E-state index contributed by atoms with van der Waals surface area (Å²) < 4.78 is 0. The second-order valence-electron chi connectivity index (χ2n) is 8.05. The first-order valence-corrected chi connectivity index (χ1v) is 10.9. The van der Waals surface area contributed by atoms with Crippen LogP contribution in [0.4, 0.5) is 0 Å². The third-order valence-electron chi connectivity index (χ3n) is 5.93. The molecule has 3 rings (SSSR count). The average Bonchev–Trinajstić information content (AvgIpc) is 2.74. The van der Waals surface area contributed by atoms with Crippen molar-refractivity contribution in [3.8, 4) is 0 Å². The Labute approximate surface area is 170 Å². The minimum absolute atomic E-state index is 0.0494. The van der Waals surface area contributed by atoms with Crippen LogP contribution in [-0.2, 0) is 19.5 Å². The van der Waals surface area contributed by atoms with Gasteiger partial charge >= 0.3 is 0 Å². The van der Waals surface area contributed by atoms with Crippen molar-refractivity contribution in [1.29, 1.82) is 0 Å². The van der Waals surface area contributed by atoms with Crippen molar-refractivity contribution in [3.05, 3.63) is 70.8 Å². The maximum absolute atomic E-state index is 12.5. The van der Waals surface area contributed by atoms with E-state index in [4.69, 9.17) is 0 Å². The van der Waals surface area contributed by atoms with Crippen molar-refractivity contribution in [3.63, 3.8) is 0 Å². The number of rotatable bonds is 9. The number of unbranched alkanes of at least 4 members (excludes halogenated alkanes) is 1. The Hall–Kier alpha value is -2.13. The quantitative estimate of drug-likeness (QED) is 0.651. The molecule has 1 aliphatic heterocycles. The third kappa shape index (κ3) is 5.68. The molecule has 0 fully saturated rings. The zero-order valence-corrected chi connectivity index (χ0v) is 17.4. The summed E-state index contributed by atoms with van der Waals surface area (Å²) in [6.45, 7) is 8.25. The van der Waals surface area contributed by atoms with Gasteiger partial charge in [0.15, 0.2) is 0 Å². The lowest BCUT2D eigenvalue weighted by molar-refractivity contribution is 0.0946. The molecule has 1 atom stereocenters. The van der Waals surface area contributed by atoms with E-state index in [9.17, 15) is 4.79 Å². The Bertz CT molecular complexity index is 753. The number of carbonyl (C=O) groups is 1. The van der Waals surface area contributed by atoms with Gasteiger partial charge in [0.25, 0.3) is 5.91 Å². The van der Waals surface area contributed by atoms with Gasteiger partial charge in [0, 0.05) is 31.7 Å². The summed E-state index contributed by atoms with van der Waals surface area (Å²) in [5.41, 5.74) is 4.96. The van der Waals surface area contributed by atoms with E-state index in [0.29, 0.717) is 5.92 Å². The highest BCUT2D eigenvalue weighted by atomic mass is 16.1. The van der Waals surface area contributed by atoms with E-state index >= 15 is 0 Å². The molecule has 0 saturated carbocycles. The van der Waals surface area contributed by atoms with E-state index in [1.54, 1.807) is 0 Å². The predicted molar refractivity (Wildman–Crippen MR) is 116 cm³/mol. The molecular formula is C25H34N2O. The van der Waals surface area contributed by atoms with Crippen LogP contribution >= 0.6 is 0 Å². The van der Waals surface area contributed by atoms with Crippen LogP contribution in [0.5, 0.6) is 0 Å². The smallest absolute Gasteiger partial charge is 0.251 e. The minimum atomic E-state index is 0.0494. The van der Waals surface area contributed by atoms with Crippen molar-refractivity contribution in [2.45, 2.75) is 59.0 Å². The van der Waals surface area contributed by atoms with Crippen LogP contribution in [-0.4, -0.2) is 23.9 Å². The first-order chi connectivity index (χ1) is 13.7. The van der Waals surface area contributed by atoms with Crippen LogP contribution in [0.1, 0.15) is 66.6 Å². The Balaban J connectivity index is 1.50.